The van der Waals surface area contributed by atoms with E-state index in [0.29, 0.717) is 12.4 Å². The Bertz CT molecular complexity index is 969. The number of unbranched alkanes of at least 4 members (excludes halogenated alkanes) is 3. The van der Waals surface area contributed by atoms with Crippen molar-refractivity contribution in [2.24, 2.45) is 0 Å². The molecule has 0 radical (unpaired) electrons. The van der Waals surface area contributed by atoms with Gasteiger partial charge in [0.05, 0.1) is 0 Å². The molecular weight excluding hydrogens is 403 g/mol. The van der Waals surface area contributed by atoms with Crippen LogP contribution in [0.5, 0.6) is 5.75 Å². The molecule has 0 bridgehead atoms. The number of hydrogen-bond donors (Lipinski definition) is 1. The van der Waals surface area contributed by atoms with Gasteiger partial charge in [-0.25, -0.2) is 0 Å². The molecule has 0 spiro atoms. The van der Waals surface area contributed by atoms with Gasteiger partial charge < -0.3 is 0 Å². The molecule has 4 heteroatoms. The van der Waals surface area contributed by atoms with E-state index in [9.17, 15) is 4.89 Å². The van der Waals surface area contributed by atoms with Crippen LogP contribution in [0, 0.1) is 20.8 Å². The molecule has 0 saturated heterocycles. The zero-order chi connectivity index (χ0) is 22.3. The molecular formula is C27H35O3P. The summed E-state index contributed by atoms with van der Waals surface area (Å²) in [5.74, 6) is 0.641. The molecule has 3 aromatic rings. The van der Waals surface area contributed by atoms with Crippen molar-refractivity contribution in [1.29, 1.82) is 0 Å². The van der Waals surface area contributed by atoms with E-state index in [0.717, 1.165) is 53.0 Å². The van der Waals surface area contributed by atoms with Crippen LogP contribution in [-0.2, 0) is 4.52 Å². The summed E-state index contributed by atoms with van der Waals surface area (Å²) in [6.07, 6.45) is 4.24. The molecule has 1 N–H and O–H groups in total. The molecule has 0 atom stereocenters. The van der Waals surface area contributed by atoms with Crippen LogP contribution in [-0.4, -0.2) is 11.5 Å². The molecule has 3 nitrogen and oxygen atoms in total. The molecule has 0 heterocycles. The fraction of sp³-hybridized carbons (Fsp3) is 0.333. The van der Waals surface area contributed by atoms with Crippen LogP contribution < -0.4 is 15.1 Å². The summed E-state index contributed by atoms with van der Waals surface area (Å²) < 4.78 is 13.3. The van der Waals surface area contributed by atoms with Gasteiger partial charge in [0.15, 0.2) is 0 Å². The second-order valence-corrected chi connectivity index (χ2v) is 11.5. The van der Waals surface area contributed by atoms with Gasteiger partial charge >= 0.3 is 187 Å². The molecule has 0 unspecified atom stereocenters. The summed E-state index contributed by atoms with van der Waals surface area (Å²) in [4.78, 5) is 12.9. The molecule has 0 aromatic heterocycles. The first-order valence-electron chi connectivity index (χ1n) is 11.2. The first-order valence-corrected chi connectivity index (χ1v) is 13.2. The minimum absolute atomic E-state index is 0.433. The fourth-order valence-corrected chi connectivity index (χ4v) is 7.93. The van der Waals surface area contributed by atoms with Crippen molar-refractivity contribution in [2.75, 3.05) is 6.61 Å². The van der Waals surface area contributed by atoms with Crippen molar-refractivity contribution in [2.45, 2.75) is 53.4 Å². The minimum atomic E-state index is -4.49. The summed E-state index contributed by atoms with van der Waals surface area (Å²) in [7, 11) is -4.49. The van der Waals surface area contributed by atoms with E-state index in [1.165, 1.54) is 0 Å². The average Bonchev–Trinajstić information content (AvgIpc) is 2.76. The summed E-state index contributed by atoms with van der Waals surface area (Å²) in [5, 5.41) is 1.45. The van der Waals surface area contributed by atoms with E-state index >= 15 is 0 Å². The third-order valence-corrected chi connectivity index (χ3v) is 9.67. The van der Waals surface area contributed by atoms with Gasteiger partial charge in [0.1, 0.15) is 0 Å². The number of hydrogen-bond acceptors (Lipinski definition) is 3. The van der Waals surface area contributed by atoms with E-state index in [1.807, 2.05) is 93.6 Å². The van der Waals surface area contributed by atoms with Crippen LogP contribution in [0.3, 0.4) is 0 Å². The topological polar surface area (TPSA) is 38.7 Å². The summed E-state index contributed by atoms with van der Waals surface area (Å²) in [5.41, 5.74) is 2.86. The van der Waals surface area contributed by atoms with Crippen LogP contribution in [0.15, 0.2) is 72.8 Å². The maximum atomic E-state index is 12.9. The molecule has 166 valence electrons. The summed E-state index contributed by atoms with van der Waals surface area (Å²) in [6, 6.07) is 23.6. The Balaban J connectivity index is 2.23. The molecule has 3 aromatic carbocycles. The van der Waals surface area contributed by atoms with Crippen LogP contribution in [0.25, 0.3) is 0 Å². The number of para-hydroxylation sites is 1. The molecule has 0 aliphatic heterocycles. The maximum absolute atomic E-state index is 12.9. The Labute approximate surface area is 187 Å². The summed E-state index contributed by atoms with van der Waals surface area (Å²) in [6.45, 7) is 8.63. The average molecular weight is 439 g/mol. The molecule has 0 aliphatic rings. The van der Waals surface area contributed by atoms with E-state index in [4.69, 9.17) is 9.05 Å². The van der Waals surface area contributed by atoms with Crippen molar-refractivity contribution in [3.05, 3.63) is 89.5 Å². The monoisotopic (exact) mass is 438 g/mol. The van der Waals surface area contributed by atoms with Crippen molar-refractivity contribution < 1.29 is 13.9 Å². The Morgan fingerprint density at radius 2 is 1.19 bits per heavy atom. The van der Waals surface area contributed by atoms with Crippen molar-refractivity contribution in [3.8, 4) is 5.75 Å². The van der Waals surface area contributed by atoms with Gasteiger partial charge in [0, 0.05) is 0 Å². The predicted molar refractivity (Wildman–Crippen MR) is 133 cm³/mol. The van der Waals surface area contributed by atoms with Gasteiger partial charge in [0.25, 0.3) is 0 Å². The van der Waals surface area contributed by atoms with Crippen LogP contribution >= 0.6 is 7.28 Å². The molecule has 31 heavy (non-hydrogen) atoms. The van der Waals surface area contributed by atoms with Gasteiger partial charge in [-0.3, -0.25) is 0 Å². The van der Waals surface area contributed by atoms with Crippen molar-refractivity contribution in [3.63, 3.8) is 0 Å². The third-order valence-electron chi connectivity index (χ3n) is 5.77. The van der Waals surface area contributed by atoms with Crippen molar-refractivity contribution >= 4 is 17.9 Å². The van der Waals surface area contributed by atoms with Crippen LogP contribution in [0.1, 0.15) is 49.3 Å². The van der Waals surface area contributed by atoms with E-state index in [1.54, 1.807) is 0 Å². The van der Waals surface area contributed by atoms with Crippen LogP contribution in [0.2, 0.25) is 0 Å². The van der Waals surface area contributed by atoms with Crippen LogP contribution in [0.4, 0.5) is 0 Å². The molecule has 0 saturated carbocycles. The molecule has 3 rings (SSSR count). The Morgan fingerprint density at radius 3 is 1.71 bits per heavy atom. The Morgan fingerprint density at radius 1 is 0.677 bits per heavy atom. The SMILES string of the molecule is CCCCCCOP(O)(Oc1ccccc1C)(c1ccccc1C)c1ccccc1C. The number of aryl methyl sites for hydroxylation is 3. The van der Waals surface area contributed by atoms with Gasteiger partial charge in [-0.05, 0) is 0 Å². The number of benzene rings is 3. The van der Waals surface area contributed by atoms with Gasteiger partial charge in [-0.2, -0.15) is 0 Å². The van der Waals surface area contributed by atoms with Crippen molar-refractivity contribution in [1.82, 2.24) is 0 Å². The van der Waals surface area contributed by atoms with Gasteiger partial charge in [-0.15, -0.1) is 0 Å². The first-order chi connectivity index (χ1) is 14.9. The zero-order valence-electron chi connectivity index (χ0n) is 19.2. The third kappa shape index (κ3) is 4.85. The quantitative estimate of drug-likeness (QED) is 0.289. The molecule has 0 fully saturated rings. The zero-order valence-corrected chi connectivity index (χ0v) is 20.1. The number of rotatable bonds is 10. The first kappa shape index (κ1) is 23.5. The van der Waals surface area contributed by atoms with Gasteiger partial charge in [-0.1, -0.05) is 0 Å². The Hall–Kier alpha value is -2.19. The molecule has 0 amide bonds. The Kier molecular flexibility index (Phi) is 7.54. The fourth-order valence-electron chi connectivity index (χ4n) is 4.01. The predicted octanol–water partition coefficient (Wildman–Crippen LogP) is 6.53. The van der Waals surface area contributed by atoms with E-state index in [-0.39, 0.29) is 0 Å². The van der Waals surface area contributed by atoms with E-state index < -0.39 is 7.28 Å². The normalized spacial score (nSPS) is 12.9. The second kappa shape index (κ2) is 9.96. The molecule has 0 aliphatic carbocycles. The summed E-state index contributed by atoms with van der Waals surface area (Å²) >= 11 is 0. The van der Waals surface area contributed by atoms with Gasteiger partial charge in [0.2, 0.25) is 0 Å². The standard InChI is InChI=1S/C27H35O3P/c1-5-6-7-14-21-29-31(28,26-19-12-9-16-23(26)3,27-20-13-10-17-24(27)4)30-25-18-11-8-15-22(25)2/h8-13,15-20,28H,5-7,14,21H2,1-4H3. The van der Waals surface area contributed by atoms with E-state index in [2.05, 4.69) is 6.92 Å². The second-order valence-electron chi connectivity index (χ2n) is 8.24.